The number of nitrogens with zero attached hydrogens (tertiary/aromatic N) is 2. The summed E-state index contributed by atoms with van der Waals surface area (Å²) in [6.45, 7) is 5.69. The average Bonchev–Trinajstić information content (AvgIpc) is 3.14. The first kappa shape index (κ1) is 21.2. The molecule has 1 heterocycles. The zero-order valence-corrected chi connectivity index (χ0v) is 17.6. The van der Waals surface area contributed by atoms with Gasteiger partial charge in [-0.2, -0.15) is 5.10 Å². The number of hydrogen-bond donors (Lipinski definition) is 1. The molecule has 0 aliphatic rings. The highest BCUT2D eigenvalue weighted by Gasteiger charge is 2.07. The lowest BCUT2D eigenvalue weighted by molar-refractivity contribution is -0.116. The number of aryl methyl sites for hydroxylation is 1. The number of benzene rings is 2. The molecular weight excluding hydrogens is 378 g/mol. The van der Waals surface area contributed by atoms with Crippen LogP contribution in [0.3, 0.4) is 0 Å². The van der Waals surface area contributed by atoms with Crippen molar-refractivity contribution < 1.29 is 14.3 Å². The predicted octanol–water partition coefficient (Wildman–Crippen LogP) is 4.13. The van der Waals surface area contributed by atoms with E-state index in [1.165, 1.54) is 6.08 Å². The fraction of sp³-hybridized carbons (Fsp3) is 0.250. The van der Waals surface area contributed by atoms with Crippen LogP contribution in [-0.4, -0.2) is 22.8 Å². The molecule has 3 aromatic rings. The Morgan fingerprint density at radius 3 is 2.67 bits per heavy atom. The summed E-state index contributed by atoms with van der Waals surface area (Å²) in [5, 5.41) is 7.20. The van der Waals surface area contributed by atoms with E-state index in [-0.39, 0.29) is 5.91 Å². The highest BCUT2D eigenvalue weighted by atomic mass is 16.5. The van der Waals surface area contributed by atoms with Gasteiger partial charge in [0.2, 0.25) is 5.91 Å². The lowest BCUT2D eigenvalue weighted by atomic mass is 10.1. The number of carbonyl (C=O) groups excluding carboxylic acids is 1. The molecule has 6 nitrogen and oxygen atoms in total. The lowest BCUT2D eigenvalue weighted by Crippen LogP contribution is -2.20. The van der Waals surface area contributed by atoms with Gasteiger partial charge >= 0.3 is 0 Å². The number of hydrogen-bond acceptors (Lipinski definition) is 4. The van der Waals surface area contributed by atoms with Crippen molar-refractivity contribution in [3.05, 3.63) is 83.2 Å². The summed E-state index contributed by atoms with van der Waals surface area (Å²) < 4.78 is 13.2. The van der Waals surface area contributed by atoms with Crippen LogP contribution in [-0.2, 0) is 24.5 Å². The number of para-hydroxylation sites is 1. The molecule has 6 heteroatoms. The maximum Gasteiger partial charge on any atom is 0.244 e. The third kappa shape index (κ3) is 5.50. The van der Waals surface area contributed by atoms with Gasteiger partial charge in [0.15, 0.2) is 0 Å². The molecule has 30 heavy (non-hydrogen) atoms. The monoisotopic (exact) mass is 405 g/mol. The second-order valence-electron chi connectivity index (χ2n) is 6.80. The molecule has 3 rings (SSSR count). The standard InChI is InChI=1S/C24H27N3O3/c1-4-27-18(2)21(16-26-27)15-25-24(28)13-11-19-10-12-23(29-3)20(14-19)17-30-22-8-6-5-7-9-22/h5-14,16H,4,15,17H2,1-3H3,(H,25,28)/b13-11+. The van der Waals surface area contributed by atoms with Crippen molar-refractivity contribution in [2.24, 2.45) is 0 Å². The van der Waals surface area contributed by atoms with Gasteiger partial charge in [0, 0.05) is 36.0 Å². The maximum absolute atomic E-state index is 12.2. The number of ether oxygens (including phenoxy) is 2. The van der Waals surface area contributed by atoms with Gasteiger partial charge in [-0.1, -0.05) is 24.3 Å². The van der Waals surface area contributed by atoms with Crippen LogP contribution in [0.15, 0.2) is 60.8 Å². The van der Waals surface area contributed by atoms with Crippen molar-refractivity contribution in [1.29, 1.82) is 0 Å². The maximum atomic E-state index is 12.2. The van der Waals surface area contributed by atoms with E-state index in [0.717, 1.165) is 40.4 Å². The first-order chi connectivity index (χ1) is 14.6. The Balaban J connectivity index is 1.61. The Kier molecular flexibility index (Phi) is 7.27. The second-order valence-corrected chi connectivity index (χ2v) is 6.80. The number of rotatable bonds is 9. The van der Waals surface area contributed by atoms with E-state index in [9.17, 15) is 4.79 Å². The fourth-order valence-electron chi connectivity index (χ4n) is 3.08. The molecular formula is C24H27N3O3. The summed E-state index contributed by atoms with van der Waals surface area (Å²) in [6, 6.07) is 15.4. The van der Waals surface area contributed by atoms with Crippen molar-refractivity contribution in [1.82, 2.24) is 15.1 Å². The van der Waals surface area contributed by atoms with Crippen molar-refractivity contribution in [3.63, 3.8) is 0 Å². The molecule has 0 aliphatic carbocycles. The van der Waals surface area contributed by atoms with Crippen LogP contribution in [0.2, 0.25) is 0 Å². The molecule has 0 fully saturated rings. The third-order valence-corrected chi connectivity index (χ3v) is 4.83. The van der Waals surface area contributed by atoms with E-state index >= 15 is 0 Å². The Labute approximate surface area is 177 Å². The Hall–Kier alpha value is -3.54. The SMILES string of the molecule is CCn1ncc(CNC(=O)/C=C/c2ccc(OC)c(COc3ccccc3)c2)c1C. The second kappa shape index (κ2) is 10.3. The van der Waals surface area contributed by atoms with Gasteiger partial charge in [0.1, 0.15) is 18.1 Å². The van der Waals surface area contributed by atoms with E-state index in [2.05, 4.69) is 10.4 Å². The molecule has 1 aromatic heterocycles. The topological polar surface area (TPSA) is 65.4 Å². The molecule has 0 spiro atoms. The molecule has 1 amide bonds. The summed E-state index contributed by atoms with van der Waals surface area (Å²) in [4.78, 5) is 12.2. The number of nitrogens with one attached hydrogen (secondary N) is 1. The van der Waals surface area contributed by atoms with E-state index in [1.807, 2.05) is 67.1 Å². The summed E-state index contributed by atoms with van der Waals surface area (Å²) in [5.74, 6) is 1.38. The van der Waals surface area contributed by atoms with Crippen LogP contribution in [0.25, 0.3) is 6.08 Å². The fourth-order valence-corrected chi connectivity index (χ4v) is 3.08. The first-order valence-electron chi connectivity index (χ1n) is 9.92. The first-order valence-corrected chi connectivity index (χ1v) is 9.92. The zero-order chi connectivity index (χ0) is 21.3. The quantitative estimate of drug-likeness (QED) is 0.544. The minimum atomic E-state index is -0.156. The Bertz CT molecular complexity index is 1010. The zero-order valence-electron chi connectivity index (χ0n) is 17.6. The van der Waals surface area contributed by atoms with Crippen molar-refractivity contribution >= 4 is 12.0 Å². The van der Waals surface area contributed by atoms with Crippen molar-refractivity contribution in [3.8, 4) is 11.5 Å². The van der Waals surface area contributed by atoms with Gasteiger partial charge in [0.05, 0.1) is 13.3 Å². The van der Waals surface area contributed by atoms with Crippen LogP contribution in [0.5, 0.6) is 11.5 Å². The van der Waals surface area contributed by atoms with Crippen molar-refractivity contribution in [2.45, 2.75) is 33.5 Å². The molecule has 0 bridgehead atoms. The van der Waals surface area contributed by atoms with E-state index < -0.39 is 0 Å². The summed E-state index contributed by atoms with van der Waals surface area (Å²) in [6.07, 6.45) is 5.11. The lowest BCUT2D eigenvalue weighted by Gasteiger charge is -2.11. The van der Waals surface area contributed by atoms with Crippen LogP contribution in [0.1, 0.15) is 29.3 Å². The number of methoxy groups -OCH3 is 1. The summed E-state index contributed by atoms with van der Waals surface area (Å²) in [7, 11) is 1.63. The van der Waals surface area contributed by atoms with E-state index in [1.54, 1.807) is 19.4 Å². The van der Waals surface area contributed by atoms with E-state index in [4.69, 9.17) is 9.47 Å². The predicted molar refractivity (Wildman–Crippen MR) is 117 cm³/mol. The smallest absolute Gasteiger partial charge is 0.244 e. The molecule has 156 valence electrons. The average molecular weight is 405 g/mol. The van der Waals surface area contributed by atoms with Gasteiger partial charge < -0.3 is 14.8 Å². The molecule has 0 saturated heterocycles. The molecule has 0 aliphatic heterocycles. The molecule has 0 unspecified atom stereocenters. The van der Waals surface area contributed by atoms with Gasteiger partial charge in [-0.15, -0.1) is 0 Å². The number of carbonyl (C=O) groups is 1. The van der Waals surface area contributed by atoms with Gasteiger partial charge in [0.25, 0.3) is 0 Å². The molecule has 0 saturated carbocycles. The largest absolute Gasteiger partial charge is 0.496 e. The summed E-state index contributed by atoms with van der Waals surface area (Å²) >= 11 is 0. The molecule has 1 N–H and O–H groups in total. The van der Waals surface area contributed by atoms with Gasteiger partial charge in [-0.25, -0.2) is 0 Å². The van der Waals surface area contributed by atoms with E-state index in [0.29, 0.717) is 13.2 Å². The minimum Gasteiger partial charge on any atom is -0.496 e. The number of amides is 1. The highest BCUT2D eigenvalue weighted by Crippen LogP contribution is 2.23. The van der Waals surface area contributed by atoms with Crippen LogP contribution in [0.4, 0.5) is 0 Å². The van der Waals surface area contributed by atoms with Crippen LogP contribution >= 0.6 is 0 Å². The van der Waals surface area contributed by atoms with Crippen LogP contribution < -0.4 is 14.8 Å². The minimum absolute atomic E-state index is 0.156. The Morgan fingerprint density at radius 2 is 1.97 bits per heavy atom. The molecule has 2 aromatic carbocycles. The molecule has 0 radical (unpaired) electrons. The number of aromatic nitrogens is 2. The third-order valence-electron chi connectivity index (χ3n) is 4.83. The highest BCUT2D eigenvalue weighted by molar-refractivity contribution is 5.91. The van der Waals surface area contributed by atoms with Gasteiger partial charge in [-0.3, -0.25) is 9.48 Å². The molecule has 0 atom stereocenters. The van der Waals surface area contributed by atoms with Gasteiger partial charge in [-0.05, 0) is 49.8 Å². The summed E-state index contributed by atoms with van der Waals surface area (Å²) in [5.41, 5.74) is 3.89. The Morgan fingerprint density at radius 1 is 1.17 bits per heavy atom. The van der Waals surface area contributed by atoms with Crippen molar-refractivity contribution in [2.75, 3.05) is 7.11 Å². The van der Waals surface area contributed by atoms with Crippen LogP contribution in [0, 0.1) is 6.92 Å². The normalized spacial score (nSPS) is 10.9.